The molecule has 2 amide bonds. The molecule has 1 aliphatic rings. The Morgan fingerprint density at radius 3 is 2.79 bits per heavy atom. The van der Waals surface area contributed by atoms with Gasteiger partial charge in [-0.1, -0.05) is 18.2 Å². The van der Waals surface area contributed by atoms with Crippen LogP contribution < -0.4 is 10.6 Å². The number of halogens is 1. The number of esters is 1. The summed E-state index contributed by atoms with van der Waals surface area (Å²) in [5.74, 6) is -0.771. The van der Waals surface area contributed by atoms with Crippen molar-refractivity contribution in [3.63, 3.8) is 0 Å². The Hall–Kier alpha value is -2.71. The number of carbonyl (C=O) groups excluding carboxylic acids is 2. The molecule has 0 fully saturated rings. The molecule has 3 rings (SSSR count). The fourth-order valence-corrected chi connectivity index (χ4v) is 3.92. The van der Waals surface area contributed by atoms with Crippen molar-refractivity contribution in [2.45, 2.75) is 19.5 Å². The fraction of sp³-hybridized carbons (Fsp3) is 0.300. The van der Waals surface area contributed by atoms with E-state index >= 15 is 0 Å². The summed E-state index contributed by atoms with van der Waals surface area (Å²) in [5, 5.41) is 7.44. The van der Waals surface area contributed by atoms with Crippen molar-refractivity contribution >= 4 is 23.3 Å². The van der Waals surface area contributed by atoms with Crippen LogP contribution in [0.5, 0.6) is 0 Å². The third kappa shape index (κ3) is 4.76. The van der Waals surface area contributed by atoms with Crippen molar-refractivity contribution < 1.29 is 18.7 Å². The number of ether oxygens (including phenoxy) is 1. The van der Waals surface area contributed by atoms with Gasteiger partial charge in [0.25, 0.3) is 0 Å². The van der Waals surface area contributed by atoms with E-state index in [2.05, 4.69) is 10.6 Å². The van der Waals surface area contributed by atoms with Crippen LogP contribution in [0.4, 0.5) is 9.18 Å². The molecule has 1 aromatic heterocycles. The summed E-state index contributed by atoms with van der Waals surface area (Å²) < 4.78 is 18.7. The lowest BCUT2D eigenvalue weighted by Gasteiger charge is -2.30. The second-order valence-electron chi connectivity index (χ2n) is 6.46. The normalized spacial score (nSPS) is 16.7. The maximum atomic E-state index is 13.4. The zero-order chi connectivity index (χ0) is 20.1. The lowest BCUT2D eigenvalue weighted by atomic mass is 10.0. The maximum absolute atomic E-state index is 13.4. The van der Waals surface area contributed by atoms with Crippen LogP contribution in [0.25, 0.3) is 0 Å². The summed E-state index contributed by atoms with van der Waals surface area (Å²) in [6.45, 7) is 2.74. The molecule has 2 N–H and O–H groups in total. The summed E-state index contributed by atoms with van der Waals surface area (Å²) in [6, 6.07) is 9.14. The highest BCUT2D eigenvalue weighted by Gasteiger charge is 2.34. The van der Waals surface area contributed by atoms with Gasteiger partial charge in [0.05, 0.1) is 18.2 Å². The van der Waals surface area contributed by atoms with Gasteiger partial charge in [0.2, 0.25) is 0 Å². The standard InChI is InChI=1S/C20H22FN3O3S/c1-3-27-19(25)17-15(12-24(2)11-13-6-4-7-14(21)10-13)22-20(26)23-18(17)16-8-5-9-28-16/h4-10,18H,3,11-12H2,1-2H3,(H2,22,23,26)/t18-/m1/s1. The lowest BCUT2D eigenvalue weighted by Crippen LogP contribution is -2.48. The average molecular weight is 403 g/mol. The molecule has 0 aliphatic carbocycles. The van der Waals surface area contributed by atoms with Gasteiger partial charge in [0.15, 0.2) is 0 Å². The highest BCUT2D eigenvalue weighted by molar-refractivity contribution is 7.10. The smallest absolute Gasteiger partial charge is 0.338 e. The Morgan fingerprint density at radius 2 is 2.11 bits per heavy atom. The van der Waals surface area contributed by atoms with Gasteiger partial charge in [-0.2, -0.15) is 0 Å². The molecule has 1 aromatic carbocycles. The highest BCUT2D eigenvalue weighted by Crippen LogP contribution is 2.30. The number of likely N-dealkylation sites (N-methyl/N-ethyl adjacent to an activating group) is 1. The van der Waals surface area contributed by atoms with Crippen LogP contribution in [-0.2, 0) is 16.1 Å². The van der Waals surface area contributed by atoms with E-state index in [1.807, 2.05) is 35.5 Å². The predicted octanol–water partition coefficient (Wildman–Crippen LogP) is 3.19. The van der Waals surface area contributed by atoms with E-state index in [-0.39, 0.29) is 18.5 Å². The largest absolute Gasteiger partial charge is 0.463 e. The topological polar surface area (TPSA) is 70.7 Å². The van der Waals surface area contributed by atoms with Gasteiger partial charge < -0.3 is 15.4 Å². The number of carbonyl (C=O) groups is 2. The number of benzene rings is 1. The van der Waals surface area contributed by atoms with Gasteiger partial charge in [-0.3, -0.25) is 4.90 Å². The Balaban J connectivity index is 1.89. The molecule has 148 valence electrons. The third-order valence-corrected chi connectivity index (χ3v) is 5.18. The molecule has 0 bridgehead atoms. The summed E-state index contributed by atoms with van der Waals surface area (Å²) >= 11 is 1.46. The first-order valence-electron chi connectivity index (χ1n) is 8.92. The molecule has 0 spiro atoms. The monoisotopic (exact) mass is 403 g/mol. The lowest BCUT2D eigenvalue weighted by molar-refractivity contribution is -0.139. The molecule has 2 heterocycles. The SMILES string of the molecule is CCOC(=O)C1=C(CN(C)Cc2cccc(F)c2)NC(=O)N[C@@H]1c1cccs1. The molecule has 0 saturated heterocycles. The molecule has 1 atom stereocenters. The van der Waals surface area contributed by atoms with Crippen molar-refractivity contribution in [2.75, 3.05) is 20.2 Å². The molecule has 1 aliphatic heterocycles. The molecule has 0 radical (unpaired) electrons. The molecule has 8 heteroatoms. The first-order chi connectivity index (χ1) is 13.5. The Morgan fingerprint density at radius 1 is 1.29 bits per heavy atom. The average Bonchev–Trinajstić information content (AvgIpc) is 3.15. The number of urea groups is 1. The van der Waals surface area contributed by atoms with Gasteiger partial charge in [-0.15, -0.1) is 11.3 Å². The molecule has 2 aromatic rings. The molecule has 6 nitrogen and oxygen atoms in total. The summed E-state index contributed by atoms with van der Waals surface area (Å²) in [5.41, 5.74) is 1.67. The minimum Gasteiger partial charge on any atom is -0.463 e. The molecule has 28 heavy (non-hydrogen) atoms. The zero-order valence-electron chi connectivity index (χ0n) is 15.7. The summed E-state index contributed by atoms with van der Waals surface area (Å²) in [6.07, 6.45) is 0. The van der Waals surface area contributed by atoms with Crippen molar-refractivity contribution in [2.24, 2.45) is 0 Å². The number of rotatable bonds is 7. The van der Waals surface area contributed by atoms with Crippen LogP contribution >= 0.6 is 11.3 Å². The van der Waals surface area contributed by atoms with Gasteiger partial charge in [-0.05, 0) is 43.1 Å². The van der Waals surface area contributed by atoms with Crippen molar-refractivity contribution in [3.05, 3.63) is 69.3 Å². The zero-order valence-corrected chi connectivity index (χ0v) is 16.5. The Bertz CT molecular complexity index is 883. The minimum absolute atomic E-state index is 0.236. The van der Waals surface area contributed by atoms with Crippen LogP contribution in [0.1, 0.15) is 23.4 Å². The van der Waals surface area contributed by atoms with Crippen LogP contribution in [-0.4, -0.2) is 37.1 Å². The number of nitrogens with one attached hydrogen (secondary N) is 2. The van der Waals surface area contributed by atoms with E-state index in [9.17, 15) is 14.0 Å². The van der Waals surface area contributed by atoms with Crippen molar-refractivity contribution in [1.29, 1.82) is 0 Å². The summed E-state index contributed by atoms with van der Waals surface area (Å²) in [4.78, 5) is 27.6. The van der Waals surface area contributed by atoms with E-state index in [0.29, 0.717) is 24.4 Å². The van der Waals surface area contributed by atoms with E-state index in [0.717, 1.165) is 10.4 Å². The second kappa shape index (κ2) is 8.99. The predicted molar refractivity (Wildman–Crippen MR) is 105 cm³/mol. The van der Waals surface area contributed by atoms with Crippen LogP contribution in [0.3, 0.4) is 0 Å². The van der Waals surface area contributed by atoms with Crippen molar-refractivity contribution in [3.8, 4) is 0 Å². The summed E-state index contributed by atoms with van der Waals surface area (Å²) in [7, 11) is 1.84. The van der Waals surface area contributed by atoms with Gasteiger partial charge >= 0.3 is 12.0 Å². The molecule has 0 saturated carbocycles. The Labute approximate surface area is 167 Å². The fourth-order valence-electron chi connectivity index (χ4n) is 3.13. The number of nitrogens with zero attached hydrogens (tertiary/aromatic N) is 1. The number of thiophene rings is 1. The van der Waals surface area contributed by atoms with E-state index in [4.69, 9.17) is 4.74 Å². The number of hydrogen-bond acceptors (Lipinski definition) is 5. The van der Waals surface area contributed by atoms with E-state index < -0.39 is 12.0 Å². The quantitative estimate of drug-likeness (QED) is 0.697. The molecular formula is C20H22FN3O3S. The van der Waals surface area contributed by atoms with Gasteiger partial charge in [0, 0.05) is 23.7 Å². The van der Waals surface area contributed by atoms with Crippen LogP contribution in [0.2, 0.25) is 0 Å². The third-order valence-electron chi connectivity index (χ3n) is 4.25. The van der Waals surface area contributed by atoms with Gasteiger partial charge in [-0.25, -0.2) is 14.0 Å². The highest BCUT2D eigenvalue weighted by atomic mass is 32.1. The molecule has 0 unspecified atom stereocenters. The number of amides is 2. The first-order valence-corrected chi connectivity index (χ1v) is 9.80. The van der Waals surface area contributed by atoms with Crippen LogP contribution in [0.15, 0.2) is 53.0 Å². The number of hydrogen-bond donors (Lipinski definition) is 2. The van der Waals surface area contributed by atoms with E-state index in [1.165, 1.54) is 23.5 Å². The maximum Gasteiger partial charge on any atom is 0.338 e. The second-order valence-corrected chi connectivity index (χ2v) is 7.44. The van der Waals surface area contributed by atoms with Crippen LogP contribution in [0, 0.1) is 5.82 Å². The van der Waals surface area contributed by atoms with Gasteiger partial charge in [0.1, 0.15) is 5.82 Å². The van der Waals surface area contributed by atoms with E-state index in [1.54, 1.807) is 13.0 Å². The van der Waals surface area contributed by atoms with Crippen molar-refractivity contribution in [1.82, 2.24) is 15.5 Å². The minimum atomic E-state index is -0.564. The Kier molecular flexibility index (Phi) is 6.43. The first kappa shape index (κ1) is 20.0. The molecular weight excluding hydrogens is 381 g/mol.